The summed E-state index contributed by atoms with van der Waals surface area (Å²) >= 11 is 0. The quantitative estimate of drug-likeness (QED) is 0.566. The van der Waals surface area contributed by atoms with Gasteiger partial charge in [0.1, 0.15) is 0 Å². The van der Waals surface area contributed by atoms with Gasteiger partial charge in [-0.1, -0.05) is 45.4 Å². The molecule has 0 aliphatic heterocycles. The first-order valence-electron chi connectivity index (χ1n) is 6.54. The summed E-state index contributed by atoms with van der Waals surface area (Å²) in [4.78, 5) is 0. The number of hydrogen-bond donors (Lipinski definition) is 1. The van der Waals surface area contributed by atoms with Crippen molar-refractivity contribution in [2.24, 2.45) is 5.73 Å². The van der Waals surface area contributed by atoms with Crippen molar-refractivity contribution in [2.45, 2.75) is 77.9 Å². The van der Waals surface area contributed by atoms with Gasteiger partial charge in [0.05, 0.1) is 12.7 Å². The molecule has 0 aromatic carbocycles. The molecule has 0 aliphatic rings. The van der Waals surface area contributed by atoms with Crippen LogP contribution in [0.3, 0.4) is 0 Å². The molecular formula is C13H29NO. The molecule has 0 rings (SSSR count). The van der Waals surface area contributed by atoms with E-state index in [-0.39, 0.29) is 6.04 Å². The fraction of sp³-hybridized carbons (Fsp3) is 1.00. The Kier molecular flexibility index (Phi) is 10.4. The lowest BCUT2D eigenvalue weighted by atomic mass is 10.1. The van der Waals surface area contributed by atoms with Crippen molar-refractivity contribution in [1.82, 2.24) is 0 Å². The first-order chi connectivity index (χ1) is 7.16. The van der Waals surface area contributed by atoms with E-state index in [9.17, 15) is 0 Å². The Balaban J connectivity index is 3.13. The molecule has 2 nitrogen and oxygen atoms in total. The third-order valence-corrected chi connectivity index (χ3v) is 2.57. The number of rotatable bonds is 10. The Morgan fingerprint density at radius 1 is 1.00 bits per heavy atom. The van der Waals surface area contributed by atoms with E-state index >= 15 is 0 Å². The maximum absolute atomic E-state index is 5.94. The summed E-state index contributed by atoms with van der Waals surface area (Å²) in [6.45, 7) is 7.07. The van der Waals surface area contributed by atoms with Crippen LogP contribution in [0.15, 0.2) is 0 Å². The van der Waals surface area contributed by atoms with Crippen molar-refractivity contribution < 1.29 is 4.74 Å². The van der Waals surface area contributed by atoms with Crippen LogP contribution >= 0.6 is 0 Å². The van der Waals surface area contributed by atoms with Gasteiger partial charge in [-0.05, 0) is 20.3 Å². The van der Waals surface area contributed by atoms with Gasteiger partial charge in [0.25, 0.3) is 0 Å². The molecule has 92 valence electrons. The normalized spacial score (nSPS) is 13.4. The van der Waals surface area contributed by atoms with E-state index in [2.05, 4.69) is 20.8 Å². The van der Waals surface area contributed by atoms with E-state index in [0.717, 1.165) is 6.42 Å². The molecule has 0 bridgehead atoms. The topological polar surface area (TPSA) is 35.2 Å². The molecule has 0 aromatic rings. The molecule has 0 amide bonds. The predicted octanol–water partition coefficient (Wildman–Crippen LogP) is 3.49. The first kappa shape index (κ1) is 14.9. The Morgan fingerprint density at radius 3 is 2.20 bits per heavy atom. The molecular weight excluding hydrogens is 186 g/mol. The summed E-state index contributed by atoms with van der Waals surface area (Å²) < 4.78 is 5.47. The lowest BCUT2D eigenvalue weighted by Gasteiger charge is -2.14. The third kappa shape index (κ3) is 11.8. The molecule has 2 heteroatoms. The Morgan fingerprint density at radius 2 is 1.60 bits per heavy atom. The maximum atomic E-state index is 5.94. The average Bonchev–Trinajstić information content (AvgIpc) is 2.20. The van der Waals surface area contributed by atoms with Gasteiger partial charge in [-0.25, -0.2) is 0 Å². The molecule has 0 spiro atoms. The zero-order chi connectivity index (χ0) is 11.5. The number of unbranched alkanes of at least 4 members (excludes halogenated alkanes) is 5. The molecule has 0 aromatic heterocycles. The Hall–Kier alpha value is -0.0800. The minimum Gasteiger partial charge on any atom is -0.377 e. The highest BCUT2D eigenvalue weighted by molar-refractivity contribution is 4.60. The minimum absolute atomic E-state index is 0.235. The summed E-state index contributed by atoms with van der Waals surface area (Å²) in [6, 6.07) is 0.235. The van der Waals surface area contributed by atoms with Crippen molar-refractivity contribution in [3.63, 3.8) is 0 Å². The SMILES string of the molecule is CCCCCCCCC(N)COC(C)C. The highest BCUT2D eigenvalue weighted by atomic mass is 16.5. The van der Waals surface area contributed by atoms with Crippen LogP contribution in [0.5, 0.6) is 0 Å². The van der Waals surface area contributed by atoms with Crippen LogP contribution in [0.25, 0.3) is 0 Å². The van der Waals surface area contributed by atoms with Crippen LogP contribution < -0.4 is 5.73 Å². The lowest BCUT2D eigenvalue weighted by Crippen LogP contribution is -2.27. The molecule has 0 aliphatic carbocycles. The second-order valence-electron chi connectivity index (χ2n) is 4.70. The van der Waals surface area contributed by atoms with Crippen molar-refractivity contribution in [3.05, 3.63) is 0 Å². The number of nitrogens with two attached hydrogens (primary N) is 1. The van der Waals surface area contributed by atoms with Gasteiger partial charge >= 0.3 is 0 Å². The molecule has 1 atom stereocenters. The molecule has 0 heterocycles. The van der Waals surface area contributed by atoms with E-state index in [1.807, 2.05) is 0 Å². The Bertz CT molecular complexity index is 126. The van der Waals surface area contributed by atoms with E-state index in [4.69, 9.17) is 10.5 Å². The van der Waals surface area contributed by atoms with Gasteiger partial charge in [-0.2, -0.15) is 0 Å². The van der Waals surface area contributed by atoms with Crippen molar-refractivity contribution in [1.29, 1.82) is 0 Å². The molecule has 0 radical (unpaired) electrons. The average molecular weight is 215 g/mol. The highest BCUT2D eigenvalue weighted by Gasteiger charge is 2.03. The van der Waals surface area contributed by atoms with E-state index < -0.39 is 0 Å². The van der Waals surface area contributed by atoms with Crippen molar-refractivity contribution in [3.8, 4) is 0 Å². The van der Waals surface area contributed by atoms with Gasteiger partial charge in [0, 0.05) is 6.04 Å². The summed E-state index contributed by atoms with van der Waals surface area (Å²) in [5.41, 5.74) is 5.94. The van der Waals surface area contributed by atoms with E-state index in [1.165, 1.54) is 38.5 Å². The zero-order valence-electron chi connectivity index (χ0n) is 10.8. The highest BCUT2D eigenvalue weighted by Crippen LogP contribution is 2.08. The van der Waals surface area contributed by atoms with Crippen LogP contribution in [-0.2, 0) is 4.74 Å². The van der Waals surface area contributed by atoms with E-state index in [0.29, 0.717) is 12.7 Å². The van der Waals surface area contributed by atoms with Gasteiger partial charge in [0.2, 0.25) is 0 Å². The molecule has 0 saturated carbocycles. The zero-order valence-corrected chi connectivity index (χ0v) is 10.8. The number of hydrogen-bond acceptors (Lipinski definition) is 2. The van der Waals surface area contributed by atoms with Gasteiger partial charge in [-0.3, -0.25) is 0 Å². The molecule has 1 unspecified atom stereocenters. The molecule has 0 saturated heterocycles. The van der Waals surface area contributed by atoms with Crippen LogP contribution in [0, 0.1) is 0 Å². The van der Waals surface area contributed by atoms with Crippen LogP contribution in [0.4, 0.5) is 0 Å². The number of ether oxygens (including phenoxy) is 1. The molecule has 15 heavy (non-hydrogen) atoms. The summed E-state index contributed by atoms with van der Waals surface area (Å²) in [7, 11) is 0. The van der Waals surface area contributed by atoms with Gasteiger partial charge in [-0.15, -0.1) is 0 Å². The maximum Gasteiger partial charge on any atom is 0.0620 e. The van der Waals surface area contributed by atoms with Crippen LogP contribution in [0.1, 0.15) is 65.7 Å². The van der Waals surface area contributed by atoms with Crippen LogP contribution in [0.2, 0.25) is 0 Å². The monoisotopic (exact) mass is 215 g/mol. The summed E-state index contributed by atoms with van der Waals surface area (Å²) in [6.07, 6.45) is 9.45. The van der Waals surface area contributed by atoms with Crippen molar-refractivity contribution in [2.75, 3.05) is 6.61 Å². The minimum atomic E-state index is 0.235. The standard InChI is InChI=1S/C13H29NO/c1-4-5-6-7-8-9-10-13(14)11-15-12(2)3/h12-13H,4-11,14H2,1-3H3. The fourth-order valence-electron chi connectivity index (χ4n) is 1.59. The van der Waals surface area contributed by atoms with Crippen LogP contribution in [-0.4, -0.2) is 18.8 Å². The lowest BCUT2D eigenvalue weighted by molar-refractivity contribution is 0.0664. The van der Waals surface area contributed by atoms with Gasteiger partial charge < -0.3 is 10.5 Å². The molecule has 2 N–H and O–H groups in total. The van der Waals surface area contributed by atoms with E-state index in [1.54, 1.807) is 0 Å². The first-order valence-corrected chi connectivity index (χ1v) is 6.54. The fourth-order valence-corrected chi connectivity index (χ4v) is 1.59. The van der Waals surface area contributed by atoms with Gasteiger partial charge in [0.15, 0.2) is 0 Å². The third-order valence-electron chi connectivity index (χ3n) is 2.57. The van der Waals surface area contributed by atoms with Crippen molar-refractivity contribution >= 4 is 0 Å². The predicted molar refractivity (Wildman–Crippen MR) is 67.1 cm³/mol. The second-order valence-corrected chi connectivity index (χ2v) is 4.70. The summed E-state index contributed by atoms with van der Waals surface area (Å²) in [5, 5.41) is 0. The Labute approximate surface area is 95.6 Å². The molecule has 0 fully saturated rings. The second kappa shape index (κ2) is 10.4. The largest absolute Gasteiger partial charge is 0.377 e. The smallest absolute Gasteiger partial charge is 0.0620 e. The summed E-state index contributed by atoms with van der Waals surface area (Å²) in [5.74, 6) is 0.